The topological polar surface area (TPSA) is 98.3 Å². The van der Waals surface area contributed by atoms with E-state index in [-0.39, 0.29) is 5.91 Å². The van der Waals surface area contributed by atoms with E-state index in [1.807, 2.05) is 61.1 Å². The molecule has 2 bridgehead atoms. The minimum atomic E-state index is -0.217. The fraction of sp³-hybridized carbons (Fsp3) is 0.257. The van der Waals surface area contributed by atoms with Crippen LogP contribution in [-0.4, -0.2) is 58.0 Å². The fourth-order valence-corrected chi connectivity index (χ4v) is 6.88. The van der Waals surface area contributed by atoms with Gasteiger partial charge >= 0.3 is 0 Å². The Hall–Kier alpha value is -5.02. The average Bonchev–Trinajstić information content (AvgIpc) is 3.20. The summed E-state index contributed by atoms with van der Waals surface area (Å²) < 4.78 is 0. The molecule has 3 aliphatic rings. The molecular weight excluding hydrogens is 548 g/mol. The zero-order valence-electron chi connectivity index (χ0n) is 24.6. The first-order valence-electron chi connectivity index (χ1n) is 15.3. The minimum absolute atomic E-state index is 0.217. The van der Waals surface area contributed by atoms with Crippen LogP contribution in [0.15, 0.2) is 85.5 Å². The molecule has 6 heterocycles. The number of anilines is 6. The lowest BCUT2D eigenvalue weighted by atomic mass is 10.1. The van der Waals surface area contributed by atoms with Crippen LogP contribution in [0.4, 0.5) is 34.3 Å². The summed E-state index contributed by atoms with van der Waals surface area (Å²) in [4.78, 5) is 31.8. The van der Waals surface area contributed by atoms with E-state index in [9.17, 15) is 4.79 Å². The quantitative estimate of drug-likeness (QED) is 0.227. The van der Waals surface area contributed by atoms with Gasteiger partial charge in [0, 0.05) is 95.4 Å². The van der Waals surface area contributed by atoms with Gasteiger partial charge in [0.25, 0.3) is 5.91 Å². The third-order valence-electron chi connectivity index (χ3n) is 9.41. The van der Waals surface area contributed by atoms with Gasteiger partial charge in [-0.15, -0.1) is 0 Å². The second kappa shape index (κ2) is 10.9. The van der Waals surface area contributed by atoms with Crippen molar-refractivity contribution in [3.63, 3.8) is 0 Å². The van der Waals surface area contributed by atoms with E-state index >= 15 is 0 Å². The zero-order chi connectivity index (χ0) is 29.6. The molecule has 9 heteroatoms. The molecule has 44 heavy (non-hydrogen) atoms. The number of piperazine rings is 1. The number of hydrogen-bond acceptors (Lipinski definition) is 8. The van der Waals surface area contributed by atoms with Gasteiger partial charge in [-0.3, -0.25) is 19.7 Å². The van der Waals surface area contributed by atoms with Gasteiger partial charge < -0.3 is 20.9 Å². The maximum Gasteiger partial charge on any atom is 0.256 e. The average molecular weight is 583 g/mol. The molecule has 3 N–H and O–H groups in total. The van der Waals surface area contributed by atoms with E-state index in [0.29, 0.717) is 23.5 Å². The molecule has 2 fully saturated rings. The number of nitrogens with one attached hydrogen (secondary N) is 3. The Morgan fingerprint density at radius 1 is 0.886 bits per heavy atom. The second-order valence-corrected chi connectivity index (χ2v) is 12.1. The molecule has 2 aromatic carbocycles. The van der Waals surface area contributed by atoms with Crippen molar-refractivity contribution < 1.29 is 4.79 Å². The van der Waals surface area contributed by atoms with Crippen molar-refractivity contribution in [3.8, 4) is 0 Å². The van der Waals surface area contributed by atoms with Crippen molar-refractivity contribution in [1.82, 2.24) is 19.9 Å². The van der Waals surface area contributed by atoms with Crippen LogP contribution < -0.4 is 20.9 Å². The third-order valence-corrected chi connectivity index (χ3v) is 9.41. The standard InChI is InChI=1S/C35H34N8O/c1-42-27-7-8-28(42)21-43(20-27)26-9-10-31-29(16-26)32(12-14-37-31)39-25-4-2-3-22(15-25)35(44)41-34-17-33-24(19-38-34)6-5-23-18-36-13-11-30(23)40-33/h2-4,9-19,27-28,40H,5-8,20-21H2,1H3,(H,37,39)(H,38,41,44)/t27-,28?/m0/s1. The normalized spacial score (nSPS) is 19.1. The summed E-state index contributed by atoms with van der Waals surface area (Å²) in [5, 5.41) is 11.1. The molecule has 1 unspecified atom stereocenters. The molecule has 0 spiro atoms. The highest BCUT2D eigenvalue weighted by molar-refractivity contribution is 6.05. The van der Waals surface area contributed by atoms with Gasteiger partial charge in [-0.2, -0.15) is 0 Å². The highest BCUT2D eigenvalue weighted by Gasteiger charge is 2.37. The lowest BCUT2D eigenvalue weighted by molar-refractivity contribution is 0.102. The summed E-state index contributed by atoms with van der Waals surface area (Å²) >= 11 is 0. The summed E-state index contributed by atoms with van der Waals surface area (Å²) in [5.41, 5.74) is 8.76. The van der Waals surface area contributed by atoms with Crippen molar-refractivity contribution in [1.29, 1.82) is 0 Å². The van der Waals surface area contributed by atoms with Crippen molar-refractivity contribution in [2.45, 2.75) is 37.8 Å². The SMILES string of the molecule is CN1C2CC[C@H]1CN(c1ccc3nccc(Nc4cccc(C(=O)Nc5cc6c(cn5)CCc5cnccc5N6)c4)c3c1)C2. The first-order valence-corrected chi connectivity index (χ1v) is 15.3. The summed E-state index contributed by atoms with van der Waals surface area (Å²) in [6, 6.07) is 21.2. The zero-order valence-corrected chi connectivity index (χ0v) is 24.6. The summed E-state index contributed by atoms with van der Waals surface area (Å²) in [6.45, 7) is 2.11. The Labute approximate surface area is 256 Å². The largest absolute Gasteiger partial charge is 0.368 e. The summed E-state index contributed by atoms with van der Waals surface area (Å²) in [6.07, 6.45) is 11.6. The molecule has 0 saturated carbocycles. The van der Waals surface area contributed by atoms with Crippen LogP contribution in [0.2, 0.25) is 0 Å². The number of hydrogen-bond donors (Lipinski definition) is 3. The highest BCUT2D eigenvalue weighted by atomic mass is 16.1. The summed E-state index contributed by atoms with van der Waals surface area (Å²) in [7, 11) is 2.26. The van der Waals surface area contributed by atoms with Crippen molar-refractivity contribution in [2.24, 2.45) is 0 Å². The summed E-state index contributed by atoms with van der Waals surface area (Å²) in [5.74, 6) is 0.285. The van der Waals surface area contributed by atoms with Crippen LogP contribution in [0, 0.1) is 0 Å². The Morgan fingerprint density at radius 3 is 2.59 bits per heavy atom. The van der Waals surface area contributed by atoms with Crippen LogP contribution in [0.3, 0.4) is 0 Å². The number of rotatable bonds is 5. The van der Waals surface area contributed by atoms with Gasteiger partial charge in [-0.25, -0.2) is 4.98 Å². The Morgan fingerprint density at radius 2 is 1.73 bits per heavy atom. The van der Waals surface area contributed by atoms with E-state index < -0.39 is 0 Å². The Bertz CT molecular complexity index is 1880. The maximum absolute atomic E-state index is 13.3. The number of benzene rings is 2. The minimum Gasteiger partial charge on any atom is -0.368 e. The molecule has 3 aromatic heterocycles. The number of carbonyl (C=O) groups is 1. The molecule has 0 radical (unpaired) electrons. The van der Waals surface area contributed by atoms with Gasteiger partial charge in [0.1, 0.15) is 5.82 Å². The lowest BCUT2D eigenvalue weighted by Crippen LogP contribution is -2.52. The van der Waals surface area contributed by atoms with Crippen LogP contribution in [0.25, 0.3) is 10.9 Å². The van der Waals surface area contributed by atoms with E-state index in [2.05, 4.69) is 65.9 Å². The number of amides is 1. The smallest absolute Gasteiger partial charge is 0.256 e. The molecule has 5 aromatic rings. The van der Waals surface area contributed by atoms with Gasteiger partial charge in [0.2, 0.25) is 0 Å². The molecule has 9 nitrogen and oxygen atoms in total. The van der Waals surface area contributed by atoms with E-state index in [4.69, 9.17) is 0 Å². The first-order chi connectivity index (χ1) is 21.6. The fourth-order valence-electron chi connectivity index (χ4n) is 6.88. The molecule has 220 valence electrons. The second-order valence-electron chi connectivity index (χ2n) is 12.1. The molecule has 0 aliphatic carbocycles. The van der Waals surface area contributed by atoms with Gasteiger partial charge in [-0.05, 0) is 92.4 Å². The molecule has 1 amide bonds. The number of carbonyl (C=O) groups excluding carboxylic acids is 1. The van der Waals surface area contributed by atoms with Gasteiger partial charge in [-0.1, -0.05) is 6.07 Å². The van der Waals surface area contributed by atoms with Crippen LogP contribution in [0.5, 0.6) is 0 Å². The van der Waals surface area contributed by atoms with Gasteiger partial charge in [0.05, 0.1) is 5.52 Å². The molecular formula is C35H34N8O. The first kappa shape index (κ1) is 26.6. The van der Waals surface area contributed by atoms with Crippen molar-refractivity contribution >= 4 is 51.1 Å². The number of pyridine rings is 3. The number of likely N-dealkylation sites (N-methyl/N-ethyl adjacent to an activating group) is 1. The predicted octanol–water partition coefficient (Wildman–Crippen LogP) is 6.15. The molecule has 8 rings (SSSR count). The number of aromatic nitrogens is 3. The van der Waals surface area contributed by atoms with Crippen molar-refractivity contribution in [3.05, 3.63) is 102 Å². The number of fused-ring (bicyclic) bond motifs is 5. The van der Waals surface area contributed by atoms with Crippen LogP contribution in [-0.2, 0) is 12.8 Å². The molecule has 2 atom stereocenters. The monoisotopic (exact) mass is 582 g/mol. The lowest BCUT2D eigenvalue weighted by Gasteiger charge is -2.40. The van der Waals surface area contributed by atoms with Crippen LogP contribution in [0.1, 0.15) is 34.3 Å². The predicted molar refractivity (Wildman–Crippen MR) is 175 cm³/mol. The third kappa shape index (κ3) is 4.99. The Kier molecular flexibility index (Phi) is 6.60. The Balaban J connectivity index is 1.01. The van der Waals surface area contributed by atoms with Crippen molar-refractivity contribution in [2.75, 3.05) is 41.0 Å². The van der Waals surface area contributed by atoms with E-state index in [1.54, 1.807) is 6.20 Å². The van der Waals surface area contributed by atoms with E-state index in [0.717, 1.165) is 65.1 Å². The number of aryl methyl sites for hydroxylation is 2. The van der Waals surface area contributed by atoms with Crippen LogP contribution >= 0.6 is 0 Å². The number of nitrogens with zero attached hydrogens (tertiary/aromatic N) is 5. The molecule has 2 saturated heterocycles. The maximum atomic E-state index is 13.3. The molecule has 3 aliphatic heterocycles. The van der Waals surface area contributed by atoms with Gasteiger partial charge in [0.15, 0.2) is 0 Å². The van der Waals surface area contributed by atoms with E-state index in [1.165, 1.54) is 24.1 Å². The highest BCUT2D eigenvalue weighted by Crippen LogP contribution is 2.35.